The Kier molecular flexibility index (Phi) is 4.97. The summed E-state index contributed by atoms with van der Waals surface area (Å²) in [6, 6.07) is 16.6. The minimum Gasteiger partial charge on any atom is -0.494 e. The van der Waals surface area contributed by atoms with Gasteiger partial charge in [0.15, 0.2) is 0 Å². The van der Waals surface area contributed by atoms with Crippen LogP contribution < -0.4 is 4.74 Å². The molecule has 0 saturated carbocycles. The van der Waals surface area contributed by atoms with E-state index in [1.807, 2.05) is 6.92 Å². The molecule has 22 heavy (non-hydrogen) atoms. The molecule has 0 saturated heterocycles. The van der Waals surface area contributed by atoms with Crippen LogP contribution in [-0.4, -0.2) is 15.0 Å². The Morgan fingerprint density at radius 3 is 2.55 bits per heavy atom. The number of ether oxygens (including phenoxy) is 1. The van der Waals surface area contributed by atoms with E-state index < -0.39 is 9.84 Å². The van der Waals surface area contributed by atoms with E-state index in [1.54, 1.807) is 48.5 Å². The summed E-state index contributed by atoms with van der Waals surface area (Å²) in [6.45, 7) is 2.38. The second-order valence-electron chi connectivity index (χ2n) is 4.44. The van der Waals surface area contributed by atoms with Gasteiger partial charge in [0.25, 0.3) is 0 Å². The van der Waals surface area contributed by atoms with Crippen LogP contribution in [-0.2, 0) is 9.84 Å². The van der Waals surface area contributed by atoms with Crippen LogP contribution >= 0.6 is 0 Å². The zero-order valence-corrected chi connectivity index (χ0v) is 12.9. The van der Waals surface area contributed by atoms with Crippen LogP contribution in [0.5, 0.6) is 5.75 Å². The van der Waals surface area contributed by atoms with E-state index in [-0.39, 0.29) is 9.80 Å². The molecule has 2 aromatic carbocycles. The summed E-state index contributed by atoms with van der Waals surface area (Å²) >= 11 is 0. The number of sulfone groups is 1. The number of nitriles is 1. The molecule has 0 aromatic heterocycles. The van der Waals surface area contributed by atoms with Crippen molar-refractivity contribution in [2.24, 2.45) is 0 Å². The summed E-state index contributed by atoms with van der Waals surface area (Å²) in [5.41, 5.74) is 0.599. The Labute approximate surface area is 130 Å². The minimum absolute atomic E-state index is 0.101. The van der Waals surface area contributed by atoms with Crippen molar-refractivity contribution in [3.8, 4) is 11.8 Å². The molecule has 0 unspecified atom stereocenters. The lowest BCUT2D eigenvalue weighted by Crippen LogP contribution is -2.03. The van der Waals surface area contributed by atoms with Crippen molar-refractivity contribution in [3.63, 3.8) is 0 Å². The molecule has 0 radical (unpaired) electrons. The molecule has 112 valence electrons. The quantitative estimate of drug-likeness (QED) is 0.793. The van der Waals surface area contributed by atoms with Crippen molar-refractivity contribution in [1.29, 1.82) is 5.26 Å². The third kappa shape index (κ3) is 3.54. The molecule has 0 N–H and O–H groups in total. The van der Waals surface area contributed by atoms with Crippen molar-refractivity contribution in [1.82, 2.24) is 0 Å². The number of hydrogen-bond acceptors (Lipinski definition) is 4. The molecular weight excluding hydrogens is 298 g/mol. The SMILES string of the molecule is CCOc1cccc(C=C(C#N)S(=O)(=O)c2ccccc2)c1. The third-order valence-corrected chi connectivity index (χ3v) is 4.60. The van der Waals surface area contributed by atoms with Crippen molar-refractivity contribution in [2.75, 3.05) is 6.61 Å². The largest absolute Gasteiger partial charge is 0.494 e. The van der Waals surface area contributed by atoms with E-state index >= 15 is 0 Å². The predicted octanol–water partition coefficient (Wildman–Crippen LogP) is 3.42. The third-order valence-electron chi connectivity index (χ3n) is 2.92. The molecule has 0 fully saturated rings. The van der Waals surface area contributed by atoms with Crippen LogP contribution in [0.1, 0.15) is 12.5 Å². The van der Waals surface area contributed by atoms with E-state index in [9.17, 15) is 13.7 Å². The van der Waals surface area contributed by atoms with Gasteiger partial charge in [0.2, 0.25) is 9.84 Å². The maximum absolute atomic E-state index is 12.5. The van der Waals surface area contributed by atoms with Crippen molar-refractivity contribution in [3.05, 3.63) is 65.1 Å². The van der Waals surface area contributed by atoms with Gasteiger partial charge in [-0.05, 0) is 42.8 Å². The lowest BCUT2D eigenvalue weighted by atomic mass is 10.2. The molecule has 5 heteroatoms. The maximum Gasteiger partial charge on any atom is 0.216 e. The molecule has 0 aliphatic carbocycles. The molecule has 0 aliphatic rings. The molecular formula is C17H15NO3S. The van der Waals surface area contributed by atoms with Gasteiger partial charge in [0.05, 0.1) is 11.5 Å². The summed E-state index contributed by atoms with van der Waals surface area (Å²) in [7, 11) is -3.82. The van der Waals surface area contributed by atoms with Gasteiger partial charge < -0.3 is 4.74 Å². The van der Waals surface area contributed by atoms with Gasteiger partial charge in [-0.3, -0.25) is 0 Å². The van der Waals surface area contributed by atoms with E-state index in [2.05, 4.69) is 0 Å². The molecule has 0 aliphatic heterocycles. The number of nitrogens with zero attached hydrogens (tertiary/aromatic N) is 1. The second-order valence-corrected chi connectivity index (χ2v) is 6.36. The minimum atomic E-state index is -3.82. The second kappa shape index (κ2) is 6.92. The maximum atomic E-state index is 12.5. The molecule has 0 amide bonds. The van der Waals surface area contributed by atoms with Gasteiger partial charge in [-0.25, -0.2) is 8.42 Å². The van der Waals surface area contributed by atoms with E-state index in [1.165, 1.54) is 18.2 Å². The number of benzene rings is 2. The van der Waals surface area contributed by atoms with Gasteiger partial charge in [-0.2, -0.15) is 5.26 Å². The highest BCUT2D eigenvalue weighted by molar-refractivity contribution is 7.95. The van der Waals surface area contributed by atoms with E-state index in [4.69, 9.17) is 4.74 Å². The summed E-state index contributed by atoms with van der Waals surface area (Å²) in [5, 5.41) is 9.23. The van der Waals surface area contributed by atoms with Gasteiger partial charge in [-0.1, -0.05) is 30.3 Å². The Morgan fingerprint density at radius 1 is 1.18 bits per heavy atom. The van der Waals surface area contributed by atoms with E-state index in [0.717, 1.165) is 0 Å². The first-order chi connectivity index (χ1) is 10.6. The summed E-state index contributed by atoms with van der Waals surface area (Å²) in [6.07, 6.45) is 1.35. The fourth-order valence-corrected chi connectivity index (χ4v) is 3.09. The molecule has 0 spiro atoms. The van der Waals surface area contributed by atoms with Crippen LogP contribution in [0.15, 0.2) is 64.4 Å². The van der Waals surface area contributed by atoms with Crippen LogP contribution in [0, 0.1) is 11.3 Å². The van der Waals surface area contributed by atoms with Crippen molar-refractivity contribution in [2.45, 2.75) is 11.8 Å². The highest BCUT2D eigenvalue weighted by Crippen LogP contribution is 2.22. The average Bonchev–Trinajstić information content (AvgIpc) is 2.54. The molecule has 2 rings (SSSR count). The van der Waals surface area contributed by atoms with Crippen molar-refractivity contribution >= 4 is 15.9 Å². The standard InChI is InChI=1S/C17H15NO3S/c1-2-21-15-8-6-7-14(11-15)12-17(13-18)22(19,20)16-9-4-3-5-10-16/h3-12H,2H2,1H3. The van der Waals surface area contributed by atoms with E-state index in [0.29, 0.717) is 17.9 Å². The Balaban J connectivity index is 2.44. The summed E-state index contributed by atoms with van der Waals surface area (Å²) in [4.78, 5) is -0.198. The summed E-state index contributed by atoms with van der Waals surface area (Å²) < 4.78 is 30.3. The smallest absolute Gasteiger partial charge is 0.216 e. The van der Waals surface area contributed by atoms with Crippen LogP contribution in [0.25, 0.3) is 6.08 Å². The molecule has 0 atom stereocenters. The first-order valence-corrected chi connectivity index (χ1v) is 8.21. The topological polar surface area (TPSA) is 67.2 Å². The number of hydrogen-bond donors (Lipinski definition) is 0. The van der Waals surface area contributed by atoms with Gasteiger partial charge in [0.1, 0.15) is 16.7 Å². The van der Waals surface area contributed by atoms with Crippen LogP contribution in [0.4, 0.5) is 0 Å². The zero-order valence-electron chi connectivity index (χ0n) is 12.1. The van der Waals surface area contributed by atoms with Crippen LogP contribution in [0.2, 0.25) is 0 Å². The number of rotatable bonds is 5. The fourth-order valence-electron chi connectivity index (χ4n) is 1.91. The Hall–Kier alpha value is -2.58. The van der Waals surface area contributed by atoms with Gasteiger partial charge in [0, 0.05) is 0 Å². The molecule has 0 bridgehead atoms. The normalized spacial score (nSPS) is 11.7. The first-order valence-electron chi connectivity index (χ1n) is 6.72. The van der Waals surface area contributed by atoms with Gasteiger partial charge >= 0.3 is 0 Å². The van der Waals surface area contributed by atoms with Crippen LogP contribution in [0.3, 0.4) is 0 Å². The fraction of sp³-hybridized carbons (Fsp3) is 0.118. The molecule has 0 heterocycles. The summed E-state index contributed by atoms with van der Waals surface area (Å²) in [5.74, 6) is 0.630. The van der Waals surface area contributed by atoms with Gasteiger partial charge in [-0.15, -0.1) is 0 Å². The predicted molar refractivity (Wildman–Crippen MR) is 84.8 cm³/mol. The Morgan fingerprint density at radius 2 is 1.91 bits per heavy atom. The average molecular weight is 313 g/mol. The first kappa shape index (κ1) is 15.8. The van der Waals surface area contributed by atoms with Crippen molar-refractivity contribution < 1.29 is 13.2 Å². The number of allylic oxidation sites excluding steroid dienone is 1. The molecule has 2 aromatic rings. The molecule has 4 nitrogen and oxygen atoms in total. The zero-order chi connectivity index (χ0) is 16.0. The lowest BCUT2D eigenvalue weighted by molar-refractivity contribution is 0.340. The lowest BCUT2D eigenvalue weighted by Gasteiger charge is -2.05. The highest BCUT2D eigenvalue weighted by Gasteiger charge is 2.20. The highest BCUT2D eigenvalue weighted by atomic mass is 32.2. The monoisotopic (exact) mass is 313 g/mol. The Bertz CT molecular complexity index is 818.